The topological polar surface area (TPSA) is 149 Å². The average molecular weight is 752 g/mol. The number of amides is 2. The minimum Gasteiger partial charge on any atom is -0.381 e. The fourth-order valence-corrected chi connectivity index (χ4v) is 8.41. The number of nitriles is 1. The summed E-state index contributed by atoms with van der Waals surface area (Å²) in [6.45, 7) is 9.78. The number of likely N-dealkylation sites (tertiary alicyclic amines) is 1. The number of hydrogen-bond acceptors (Lipinski definition) is 9. The van der Waals surface area contributed by atoms with Crippen molar-refractivity contribution in [1.29, 1.82) is 5.26 Å². The highest BCUT2D eigenvalue weighted by Crippen LogP contribution is 2.32. The summed E-state index contributed by atoms with van der Waals surface area (Å²) in [7, 11) is 0. The molecule has 5 aromatic rings. The van der Waals surface area contributed by atoms with Crippen LogP contribution in [0.15, 0.2) is 72.9 Å². The summed E-state index contributed by atoms with van der Waals surface area (Å²) in [4.78, 5) is 34.6. The van der Waals surface area contributed by atoms with Gasteiger partial charge in [-0.2, -0.15) is 10.4 Å². The van der Waals surface area contributed by atoms with E-state index in [1.54, 1.807) is 24.3 Å². The monoisotopic (exact) mass is 751 g/mol. The van der Waals surface area contributed by atoms with Crippen molar-refractivity contribution >= 4 is 28.5 Å². The molecule has 0 saturated carbocycles. The standard InChI is InChI=1S/C44H49N9O3/c1-3-40-38(41(50-34-13-15-56-16-14-34)39-25-49-53(4-2)42(39)51-40)24-48-44(55)32-10-6-9-31(19-32)43(54)47-22-28-11-12-33(21-45)37(18-28)30-8-5-7-29(17-30)26-52-27-35-20-36(52)23-46-35/h5-12,17-19,25,34-36,46H,3-4,13-16,20,22-24,26-27H2,1-2H3,(H,47,54)(H,48,55)(H,50,51)/t35-,36?/m0/s1. The lowest BCUT2D eigenvalue weighted by Crippen LogP contribution is -2.42. The van der Waals surface area contributed by atoms with Gasteiger partial charge in [0.05, 0.1) is 28.9 Å². The molecule has 12 heteroatoms. The molecule has 3 aliphatic heterocycles. The minimum atomic E-state index is -0.291. The first kappa shape index (κ1) is 37.3. The van der Waals surface area contributed by atoms with Crippen LogP contribution >= 0.6 is 0 Å². The number of fused-ring (bicyclic) bond motifs is 3. The third-order valence-electron chi connectivity index (χ3n) is 11.4. The lowest BCUT2D eigenvalue weighted by molar-refractivity contribution is 0.0904. The van der Waals surface area contributed by atoms with E-state index in [0.29, 0.717) is 55.0 Å². The maximum absolute atomic E-state index is 13.6. The predicted molar refractivity (Wildman–Crippen MR) is 216 cm³/mol. The van der Waals surface area contributed by atoms with Crippen LogP contribution in [0, 0.1) is 11.3 Å². The summed E-state index contributed by atoms with van der Waals surface area (Å²) in [5.74, 6) is -0.573. The molecule has 2 aromatic heterocycles. The van der Waals surface area contributed by atoms with Crippen LogP contribution in [0.25, 0.3) is 22.2 Å². The fourth-order valence-electron chi connectivity index (χ4n) is 8.41. The lowest BCUT2D eigenvalue weighted by Gasteiger charge is -2.27. The number of nitrogens with zero attached hydrogens (tertiary/aromatic N) is 5. The highest BCUT2D eigenvalue weighted by molar-refractivity contribution is 6.00. The first-order valence-corrected chi connectivity index (χ1v) is 19.9. The van der Waals surface area contributed by atoms with Crippen LogP contribution in [-0.2, 0) is 37.3 Å². The Kier molecular flexibility index (Phi) is 11.1. The molecule has 0 radical (unpaired) electrons. The number of nitrogens with one attached hydrogen (secondary N) is 4. The molecule has 0 spiro atoms. The number of ether oxygens (including phenoxy) is 1. The maximum Gasteiger partial charge on any atom is 0.251 e. The van der Waals surface area contributed by atoms with Gasteiger partial charge in [-0.05, 0) is 91.3 Å². The number of benzene rings is 3. The second-order valence-corrected chi connectivity index (χ2v) is 15.1. The van der Waals surface area contributed by atoms with Gasteiger partial charge in [0.15, 0.2) is 5.65 Å². The van der Waals surface area contributed by atoms with E-state index >= 15 is 0 Å². The largest absolute Gasteiger partial charge is 0.381 e. The van der Waals surface area contributed by atoms with Crippen molar-refractivity contribution in [3.05, 3.63) is 112 Å². The van der Waals surface area contributed by atoms with E-state index in [-0.39, 0.29) is 30.9 Å². The summed E-state index contributed by atoms with van der Waals surface area (Å²) >= 11 is 0. The van der Waals surface area contributed by atoms with Gasteiger partial charge in [0.1, 0.15) is 0 Å². The molecule has 56 heavy (non-hydrogen) atoms. The highest BCUT2D eigenvalue weighted by atomic mass is 16.5. The van der Waals surface area contributed by atoms with Gasteiger partial charge in [-0.15, -0.1) is 0 Å². The molecule has 8 rings (SSSR count). The molecule has 3 aliphatic rings. The van der Waals surface area contributed by atoms with Crippen LogP contribution in [0.1, 0.15) is 81.8 Å². The Morgan fingerprint density at radius 1 is 0.964 bits per heavy atom. The molecule has 2 atom stereocenters. The minimum absolute atomic E-state index is 0.244. The summed E-state index contributed by atoms with van der Waals surface area (Å²) < 4.78 is 7.50. The normalized spacial score (nSPS) is 18.2. The SMILES string of the molecule is CCc1nc2c(cnn2CC)c(NC2CCOCC2)c1CNC(=O)c1cccc(C(=O)NCc2ccc(C#N)c(-c3cccc(CN4C[C@@H]5CC4CN5)c3)c2)c1. The van der Waals surface area contributed by atoms with Crippen LogP contribution in [0.3, 0.4) is 0 Å². The lowest BCUT2D eigenvalue weighted by atomic mass is 9.96. The zero-order valence-corrected chi connectivity index (χ0v) is 32.1. The molecule has 2 bridgehead atoms. The Labute approximate surface area is 327 Å². The number of pyridine rings is 1. The number of rotatable bonds is 13. The van der Waals surface area contributed by atoms with Gasteiger partial charge in [0, 0.05) is 93.0 Å². The van der Waals surface area contributed by atoms with E-state index in [0.717, 1.165) is 77.1 Å². The number of carbonyl (C=O) groups is 2. The number of aryl methyl sites for hydroxylation is 2. The molecule has 4 N–H and O–H groups in total. The summed E-state index contributed by atoms with van der Waals surface area (Å²) in [5.41, 5.74) is 8.92. The maximum atomic E-state index is 13.6. The predicted octanol–water partition coefficient (Wildman–Crippen LogP) is 5.55. The van der Waals surface area contributed by atoms with E-state index < -0.39 is 0 Å². The molecule has 3 saturated heterocycles. The van der Waals surface area contributed by atoms with Crippen LogP contribution in [0.2, 0.25) is 0 Å². The zero-order valence-electron chi connectivity index (χ0n) is 32.1. The van der Waals surface area contributed by atoms with Crippen LogP contribution in [0.5, 0.6) is 0 Å². The van der Waals surface area contributed by atoms with E-state index in [1.807, 2.05) is 42.1 Å². The van der Waals surface area contributed by atoms with Gasteiger partial charge < -0.3 is 26.0 Å². The van der Waals surface area contributed by atoms with Crippen LogP contribution in [-0.4, -0.2) is 75.9 Å². The van der Waals surface area contributed by atoms with E-state index in [1.165, 1.54) is 12.0 Å². The Morgan fingerprint density at radius 3 is 2.46 bits per heavy atom. The van der Waals surface area contributed by atoms with E-state index in [4.69, 9.17) is 9.72 Å². The third-order valence-corrected chi connectivity index (χ3v) is 11.4. The second kappa shape index (κ2) is 16.6. The van der Waals surface area contributed by atoms with Crippen molar-refractivity contribution in [2.45, 2.75) is 83.8 Å². The zero-order chi connectivity index (χ0) is 38.6. The number of carbonyl (C=O) groups excluding carboxylic acids is 2. The number of hydrogen-bond donors (Lipinski definition) is 4. The molecule has 0 aliphatic carbocycles. The van der Waals surface area contributed by atoms with Crippen molar-refractivity contribution < 1.29 is 14.3 Å². The average Bonchev–Trinajstić information content (AvgIpc) is 3.99. The Morgan fingerprint density at radius 2 is 1.75 bits per heavy atom. The molecule has 3 fully saturated rings. The molecule has 5 heterocycles. The van der Waals surface area contributed by atoms with Crippen molar-refractivity contribution in [2.75, 3.05) is 31.6 Å². The molecule has 288 valence electrons. The van der Waals surface area contributed by atoms with Crippen LogP contribution in [0.4, 0.5) is 5.69 Å². The fraction of sp³-hybridized carbons (Fsp3) is 0.386. The molecule has 2 amide bonds. The summed E-state index contributed by atoms with van der Waals surface area (Å²) in [6.07, 6.45) is 5.55. The third kappa shape index (κ3) is 7.89. The van der Waals surface area contributed by atoms with Crippen molar-refractivity contribution in [3.8, 4) is 17.2 Å². The Bertz CT molecular complexity index is 2290. The molecule has 12 nitrogen and oxygen atoms in total. The van der Waals surface area contributed by atoms with Crippen LogP contribution < -0.4 is 21.3 Å². The van der Waals surface area contributed by atoms with Crippen molar-refractivity contribution in [1.82, 2.24) is 35.6 Å². The Balaban J connectivity index is 0.942. The Hall–Kier alpha value is -5.61. The second-order valence-electron chi connectivity index (χ2n) is 15.1. The number of anilines is 1. The number of piperazine rings is 1. The van der Waals surface area contributed by atoms with Gasteiger partial charge in [-0.1, -0.05) is 37.3 Å². The highest BCUT2D eigenvalue weighted by Gasteiger charge is 2.37. The van der Waals surface area contributed by atoms with Gasteiger partial charge in [0.2, 0.25) is 0 Å². The van der Waals surface area contributed by atoms with Gasteiger partial charge >= 0.3 is 0 Å². The smallest absolute Gasteiger partial charge is 0.251 e. The molecular formula is C44H49N9O3. The van der Waals surface area contributed by atoms with Gasteiger partial charge in [-0.25, -0.2) is 9.67 Å². The van der Waals surface area contributed by atoms with E-state index in [9.17, 15) is 14.9 Å². The number of aromatic nitrogens is 3. The van der Waals surface area contributed by atoms with E-state index in [2.05, 4.69) is 62.5 Å². The van der Waals surface area contributed by atoms with Crippen molar-refractivity contribution in [3.63, 3.8) is 0 Å². The molecular weight excluding hydrogens is 703 g/mol. The first-order valence-electron chi connectivity index (χ1n) is 19.9. The van der Waals surface area contributed by atoms with Gasteiger partial charge in [0.25, 0.3) is 11.8 Å². The molecule has 1 unspecified atom stereocenters. The van der Waals surface area contributed by atoms with Crippen molar-refractivity contribution in [2.24, 2.45) is 0 Å². The quantitative estimate of drug-likeness (QED) is 0.122. The summed E-state index contributed by atoms with van der Waals surface area (Å²) in [5, 5.41) is 28.9. The summed E-state index contributed by atoms with van der Waals surface area (Å²) in [6, 6.07) is 24.6. The van der Waals surface area contributed by atoms with Gasteiger partial charge in [-0.3, -0.25) is 14.5 Å². The first-order chi connectivity index (χ1) is 27.4. The molecule has 3 aromatic carbocycles.